The summed E-state index contributed by atoms with van der Waals surface area (Å²) in [6, 6.07) is 0. The maximum Gasteiger partial charge on any atom is 0.0137 e. The van der Waals surface area contributed by atoms with Crippen LogP contribution in [0.25, 0.3) is 0 Å². The molecule has 0 aromatic heterocycles. The number of hydrogen-bond acceptors (Lipinski definition) is 1. The van der Waals surface area contributed by atoms with E-state index in [1.165, 1.54) is 0 Å². The van der Waals surface area contributed by atoms with Crippen molar-refractivity contribution in [3.8, 4) is 0 Å². The summed E-state index contributed by atoms with van der Waals surface area (Å²) in [6.45, 7) is 3.88. The first kappa shape index (κ1) is 6.14. The lowest BCUT2D eigenvalue weighted by molar-refractivity contribution is 0.561. The van der Waals surface area contributed by atoms with Gasteiger partial charge in [-0.05, 0) is 6.08 Å². The molecule has 0 radical (unpaired) electrons. The monoisotopic (exact) mass is 121 g/mol. The highest BCUT2D eigenvalue weighted by atomic mass is 15.1. The Morgan fingerprint density at radius 1 is 1.56 bits per heavy atom. The summed E-state index contributed by atoms with van der Waals surface area (Å²) in [6.07, 6.45) is 9.12. The third-order valence-electron chi connectivity index (χ3n) is 1.41. The second-order valence-electron chi connectivity index (χ2n) is 2.15. The maximum atomic E-state index is 3.88. The Hall–Kier alpha value is -0.980. The van der Waals surface area contributed by atoms with Crippen LogP contribution in [-0.4, -0.2) is 11.9 Å². The Kier molecular flexibility index (Phi) is 1.73. The normalized spacial score (nSPS) is 18.3. The number of nitrogens with zero attached hydrogens (tertiary/aromatic N) is 1. The van der Waals surface area contributed by atoms with E-state index in [9.17, 15) is 0 Å². The second-order valence-corrected chi connectivity index (χ2v) is 2.15. The van der Waals surface area contributed by atoms with Gasteiger partial charge in [-0.15, -0.1) is 0 Å². The van der Waals surface area contributed by atoms with E-state index in [2.05, 4.69) is 12.7 Å². The molecule has 0 N–H and O–H groups in total. The fourth-order valence-electron chi connectivity index (χ4n) is 0.711. The number of allylic oxidation sites excluding steroid dienone is 3. The number of hydrogen-bond donors (Lipinski definition) is 0. The first-order valence-electron chi connectivity index (χ1n) is 3.04. The molecule has 0 aromatic carbocycles. The van der Waals surface area contributed by atoms with Crippen molar-refractivity contribution in [2.45, 2.75) is 6.42 Å². The van der Waals surface area contributed by atoms with E-state index < -0.39 is 0 Å². The average molecular weight is 121 g/mol. The van der Waals surface area contributed by atoms with E-state index in [4.69, 9.17) is 0 Å². The number of rotatable bonds is 0. The second kappa shape index (κ2) is 2.53. The molecule has 0 amide bonds. The molecule has 0 saturated carbocycles. The van der Waals surface area contributed by atoms with Crippen molar-refractivity contribution in [1.82, 2.24) is 4.90 Å². The molecule has 0 unspecified atom stereocenters. The highest BCUT2D eigenvalue weighted by Crippen LogP contribution is 2.08. The first-order chi connectivity index (χ1) is 4.30. The molecular formula is C8H11N. The Labute approximate surface area is 56.0 Å². The lowest BCUT2D eigenvalue weighted by Crippen LogP contribution is -2.06. The van der Waals surface area contributed by atoms with Gasteiger partial charge in [0.2, 0.25) is 0 Å². The van der Waals surface area contributed by atoms with Crippen LogP contribution in [0.15, 0.2) is 36.7 Å². The third kappa shape index (κ3) is 1.46. The Bertz CT molecular complexity index is 165. The topological polar surface area (TPSA) is 3.24 Å². The average Bonchev–Trinajstić information content (AvgIpc) is 1.99. The van der Waals surface area contributed by atoms with Crippen molar-refractivity contribution in [1.29, 1.82) is 0 Å². The molecular weight excluding hydrogens is 110 g/mol. The highest BCUT2D eigenvalue weighted by Gasteiger charge is 1.95. The molecule has 0 bridgehead atoms. The van der Waals surface area contributed by atoms with Gasteiger partial charge in [-0.3, -0.25) is 0 Å². The van der Waals surface area contributed by atoms with E-state index in [0.29, 0.717) is 0 Å². The first-order valence-corrected chi connectivity index (χ1v) is 3.04. The van der Waals surface area contributed by atoms with Gasteiger partial charge in [0, 0.05) is 25.4 Å². The third-order valence-corrected chi connectivity index (χ3v) is 1.41. The van der Waals surface area contributed by atoms with Gasteiger partial charge in [0.05, 0.1) is 0 Å². The van der Waals surface area contributed by atoms with E-state index in [0.717, 1.165) is 12.1 Å². The van der Waals surface area contributed by atoms with Crippen LogP contribution in [0.5, 0.6) is 0 Å². The molecule has 1 aliphatic rings. The van der Waals surface area contributed by atoms with Gasteiger partial charge in [0.25, 0.3) is 0 Å². The summed E-state index contributed by atoms with van der Waals surface area (Å²) >= 11 is 0. The molecule has 1 nitrogen and oxygen atoms in total. The zero-order valence-corrected chi connectivity index (χ0v) is 5.67. The van der Waals surface area contributed by atoms with E-state index in [1.54, 1.807) is 0 Å². The minimum atomic E-state index is 0.962. The smallest absolute Gasteiger partial charge is 0.0137 e. The van der Waals surface area contributed by atoms with Crippen LogP contribution in [0.3, 0.4) is 0 Å². The van der Waals surface area contributed by atoms with Gasteiger partial charge in [-0.25, -0.2) is 0 Å². The van der Waals surface area contributed by atoms with Crippen molar-refractivity contribution in [3.63, 3.8) is 0 Å². The Morgan fingerprint density at radius 2 is 2.33 bits per heavy atom. The van der Waals surface area contributed by atoms with Crippen LogP contribution in [0, 0.1) is 0 Å². The van der Waals surface area contributed by atoms with Crippen molar-refractivity contribution in [2.75, 3.05) is 7.05 Å². The zero-order valence-electron chi connectivity index (χ0n) is 5.67. The van der Waals surface area contributed by atoms with Crippen LogP contribution in [-0.2, 0) is 0 Å². The Balaban J connectivity index is 2.69. The van der Waals surface area contributed by atoms with E-state index >= 15 is 0 Å². The predicted molar refractivity (Wildman–Crippen MR) is 39.8 cm³/mol. The SMILES string of the molecule is C=C1CC=CC=CN1C. The summed E-state index contributed by atoms with van der Waals surface area (Å²) in [7, 11) is 2.01. The molecule has 9 heavy (non-hydrogen) atoms. The molecule has 48 valence electrons. The minimum Gasteiger partial charge on any atom is -0.355 e. The van der Waals surface area contributed by atoms with Gasteiger partial charge in [0.1, 0.15) is 0 Å². The van der Waals surface area contributed by atoms with Crippen molar-refractivity contribution >= 4 is 0 Å². The van der Waals surface area contributed by atoms with Gasteiger partial charge in [-0.1, -0.05) is 18.7 Å². The van der Waals surface area contributed by atoms with Crippen LogP contribution >= 0.6 is 0 Å². The molecule has 0 saturated heterocycles. The van der Waals surface area contributed by atoms with Crippen molar-refractivity contribution < 1.29 is 0 Å². The largest absolute Gasteiger partial charge is 0.355 e. The zero-order chi connectivity index (χ0) is 6.69. The summed E-state index contributed by atoms with van der Waals surface area (Å²) in [4.78, 5) is 2.03. The van der Waals surface area contributed by atoms with Gasteiger partial charge in [-0.2, -0.15) is 0 Å². The van der Waals surface area contributed by atoms with Gasteiger partial charge < -0.3 is 4.90 Å². The highest BCUT2D eigenvalue weighted by molar-refractivity contribution is 5.14. The molecule has 0 aliphatic carbocycles. The molecule has 1 heteroatoms. The van der Waals surface area contributed by atoms with Crippen LogP contribution in [0.2, 0.25) is 0 Å². The molecule has 0 spiro atoms. The van der Waals surface area contributed by atoms with Crippen LogP contribution in [0.4, 0.5) is 0 Å². The van der Waals surface area contributed by atoms with Crippen molar-refractivity contribution in [3.05, 3.63) is 36.7 Å². The molecule has 1 rings (SSSR count). The fourth-order valence-corrected chi connectivity index (χ4v) is 0.711. The fraction of sp³-hybridized carbons (Fsp3) is 0.250. The summed E-state index contributed by atoms with van der Waals surface area (Å²) < 4.78 is 0. The quantitative estimate of drug-likeness (QED) is 0.473. The minimum absolute atomic E-state index is 0.962. The van der Waals surface area contributed by atoms with Gasteiger partial charge >= 0.3 is 0 Å². The van der Waals surface area contributed by atoms with E-state index in [-0.39, 0.29) is 0 Å². The lowest BCUT2D eigenvalue weighted by atomic mass is 10.3. The van der Waals surface area contributed by atoms with Crippen LogP contribution in [0.1, 0.15) is 6.42 Å². The summed E-state index contributed by atoms with van der Waals surface area (Å²) in [5, 5.41) is 0. The lowest BCUT2D eigenvalue weighted by Gasteiger charge is -2.13. The van der Waals surface area contributed by atoms with Crippen molar-refractivity contribution in [2.24, 2.45) is 0 Å². The molecule has 1 aliphatic heterocycles. The van der Waals surface area contributed by atoms with Gasteiger partial charge in [0.15, 0.2) is 0 Å². The standard InChI is InChI=1S/C8H11N/c1-8-6-4-3-5-7-9(8)2/h3-5,7H,1,6H2,2H3. The molecule has 0 atom stereocenters. The Morgan fingerprint density at radius 3 is 3.11 bits per heavy atom. The maximum absolute atomic E-state index is 3.88. The van der Waals surface area contributed by atoms with Crippen LogP contribution < -0.4 is 0 Å². The summed E-state index contributed by atoms with van der Waals surface area (Å²) in [5.41, 5.74) is 1.14. The predicted octanol–water partition coefficient (Wildman–Crippen LogP) is 1.91. The molecule has 0 fully saturated rings. The molecule has 0 aromatic rings. The summed E-state index contributed by atoms with van der Waals surface area (Å²) in [5.74, 6) is 0. The molecule has 1 heterocycles. The van der Waals surface area contributed by atoms with E-state index in [1.807, 2.05) is 30.3 Å².